The highest BCUT2D eigenvalue weighted by Crippen LogP contribution is 2.36. The molecule has 0 saturated carbocycles. The molecule has 0 N–H and O–H groups in total. The Morgan fingerprint density at radius 2 is 1.59 bits per heavy atom. The molecule has 0 aliphatic heterocycles. The number of aryl methyl sites for hydroxylation is 2. The van der Waals surface area contributed by atoms with Crippen LogP contribution in [-0.4, -0.2) is 9.13 Å². The lowest BCUT2D eigenvalue weighted by Crippen LogP contribution is -2.38. The van der Waals surface area contributed by atoms with Crippen LogP contribution in [0.25, 0.3) is 20.7 Å². The molecule has 2 heterocycles. The summed E-state index contributed by atoms with van der Waals surface area (Å²) in [6, 6.07) is 18.1. The van der Waals surface area contributed by atoms with E-state index in [-0.39, 0.29) is 11.2 Å². The Kier molecular flexibility index (Phi) is 4.32. The molecule has 0 aliphatic carbocycles. The maximum atomic E-state index is 12.8. The van der Waals surface area contributed by atoms with Gasteiger partial charge in [0.1, 0.15) is 4.83 Å². The van der Waals surface area contributed by atoms with Gasteiger partial charge < -0.3 is 0 Å². The van der Waals surface area contributed by atoms with Gasteiger partial charge in [-0.25, -0.2) is 4.79 Å². The molecule has 27 heavy (non-hydrogen) atoms. The summed E-state index contributed by atoms with van der Waals surface area (Å²) in [7, 11) is 1.55. The molecule has 5 heteroatoms. The van der Waals surface area contributed by atoms with E-state index in [1.54, 1.807) is 11.6 Å². The summed E-state index contributed by atoms with van der Waals surface area (Å²) in [5, 5.41) is 0.633. The lowest BCUT2D eigenvalue weighted by Gasteiger charge is -2.09. The molecule has 0 atom stereocenters. The quantitative estimate of drug-likeness (QED) is 0.540. The number of rotatable bonds is 3. The smallest absolute Gasteiger partial charge is 0.280 e. The van der Waals surface area contributed by atoms with Gasteiger partial charge in [0.25, 0.3) is 5.56 Å². The van der Waals surface area contributed by atoms with Crippen LogP contribution in [0.5, 0.6) is 0 Å². The topological polar surface area (TPSA) is 44.0 Å². The molecule has 136 valence electrons. The van der Waals surface area contributed by atoms with E-state index in [0.717, 1.165) is 26.4 Å². The molecular formula is C22H20N2O2S. The molecule has 0 saturated heterocycles. The molecule has 0 radical (unpaired) electrons. The van der Waals surface area contributed by atoms with Crippen molar-refractivity contribution in [3.05, 3.63) is 92.1 Å². The average molecular weight is 376 g/mol. The third kappa shape index (κ3) is 2.94. The van der Waals surface area contributed by atoms with Gasteiger partial charge in [-0.2, -0.15) is 0 Å². The molecule has 0 amide bonds. The monoisotopic (exact) mass is 376 g/mol. The van der Waals surface area contributed by atoms with Crippen LogP contribution in [0.1, 0.15) is 16.7 Å². The summed E-state index contributed by atoms with van der Waals surface area (Å²) in [6.45, 7) is 4.46. The number of fused-ring (bicyclic) bond motifs is 1. The molecule has 0 unspecified atom stereocenters. The second-order valence-electron chi connectivity index (χ2n) is 6.82. The molecule has 4 aromatic rings. The highest BCUT2D eigenvalue weighted by atomic mass is 32.1. The zero-order valence-electron chi connectivity index (χ0n) is 15.5. The van der Waals surface area contributed by atoms with Crippen LogP contribution in [0, 0.1) is 13.8 Å². The standard InChI is InChI=1S/C22H20N2O2S/c1-14-9-11-17(12-10-14)19-15(2)18-20(25)23(3)22(26)24(21(18)27-19)13-16-7-5-4-6-8-16/h4-12H,13H2,1-3H3. The Morgan fingerprint density at radius 1 is 0.926 bits per heavy atom. The second-order valence-corrected chi connectivity index (χ2v) is 7.82. The van der Waals surface area contributed by atoms with Crippen LogP contribution in [0.15, 0.2) is 64.2 Å². The van der Waals surface area contributed by atoms with Gasteiger partial charge in [0.2, 0.25) is 0 Å². The third-order valence-electron chi connectivity index (χ3n) is 4.91. The fourth-order valence-electron chi connectivity index (χ4n) is 3.35. The van der Waals surface area contributed by atoms with Crippen LogP contribution in [0.3, 0.4) is 0 Å². The minimum atomic E-state index is -0.284. The van der Waals surface area contributed by atoms with Crippen molar-refractivity contribution in [3.63, 3.8) is 0 Å². The summed E-state index contributed by atoms with van der Waals surface area (Å²) in [6.07, 6.45) is 0. The highest BCUT2D eigenvalue weighted by molar-refractivity contribution is 7.22. The Morgan fingerprint density at radius 3 is 2.26 bits per heavy atom. The molecule has 2 aromatic heterocycles. The Bertz CT molecular complexity index is 1250. The van der Waals surface area contributed by atoms with E-state index in [9.17, 15) is 9.59 Å². The van der Waals surface area contributed by atoms with Crippen molar-refractivity contribution in [2.75, 3.05) is 0 Å². The number of nitrogens with zero attached hydrogens (tertiary/aromatic N) is 2. The van der Waals surface area contributed by atoms with Gasteiger partial charge in [0, 0.05) is 11.9 Å². The van der Waals surface area contributed by atoms with Crippen LogP contribution in [0.2, 0.25) is 0 Å². The minimum absolute atomic E-state index is 0.230. The van der Waals surface area contributed by atoms with Gasteiger partial charge >= 0.3 is 5.69 Å². The van der Waals surface area contributed by atoms with Crippen molar-refractivity contribution in [2.24, 2.45) is 7.05 Å². The molecule has 0 spiro atoms. The maximum absolute atomic E-state index is 12.8. The normalized spacial score (nSPS) is 11.2. The van der Waals surface area contributed by atoms with Crippen molar-refractivity contribution in [2.45, 2.75) is 20.4 Å². The van der Waals surface area contributed by atoms with E-state index in [2.05, 4.69) is 31.2 Å². The summed E-state index contributed by atoms with van der Waals surface area (Å²) < 4.78 is 2.92. The molecule has 0 aliphatic rings. The summed E-state index contributed by atoms with van der Waals surface area (Å²) in [5.74, 6) is 0. The van der Waals surface area contributed by atoms with Gasteiger partial charge in [0.15, 0.2) is 0 Å². The molecule has 0 fully saturated rings. The van der Waals surface area contributed by atoms with E-state index in [1.807, 2.05) is 37.3 Å². The lowest BCUT2D eigenvalue weighted by atomic mass is 10.1. The highest BCUT2D eigenvalue weighted by Gasteiger charge is 2.19. The van der Waals surface area contributed by atoms with Gasteiger partial charge in [-0.15, -0.1) is 11.3 Å². The fraction of sp³-hybridized carbons (Fsp3) is 0.182. The first kappa shape index (κ1) is 17.5. The summed E-state index contributed by atoms with van der Waals surface area (Å²) in [5.41, 5.74) is 3.71. The molecule has 4 nitrogen and oxygen atoms in total. The lowest BCUT2D eigenvalue weighted by molar-refractivity contribution is 0.677. The first-order valence-electron chi connectivity index (χ1n) is 8.81. The van der Waals surface area contributed by atoms with Crippen molar-refractivity contribution >= 4 is 21.6 Å². The SMILES string of the molecule is Cc1ccc(-c2sc3c(c2C)c(=O)n(C)c(=O)n3Cc2ccccc2)cc1. The number of hydrogen-bond donors (Lipinski definition) is 0. The predicted molar refractivity (Wildman–Crippen MR) is 112 cm³/mol. The first-order chi connectivity index (χ1) is 13.0. The number of benzene rings is 2. The first-order valence-corrected chi connectivity index (χ1v) is 9.63. The molecule has 0 bridgehead atoms. The predicted octanol–water partition coefficient (Wildman–Crippen LogP) is 4.09. The third-order valence-corrected chi connectivity index (χ3v) is 6.27. The molecule has 4 rings (SSSR count). The maximum Gasteiger partial charge on any atom is 0.332 e. The zero-order chi connectivity index (χ0) is 19.1. The van der Waals surface area contributed by atoms with E-state index in [4.69, 9.17) is 0 Å². The van der Waals surface area contributed by atoms with Crippen LogP contribution >= 0.6 is 11.3 Å². The minimum Gasteiger partial charge on any atom is -0.280 e. The fourth-order valence-corrected chi connectivity index (χ4v) is 4.65. The van der Waals surface area contributed by atoms with Crippen molar-refractivity contribution in [1.29, 1.82) is 0 Å². The number of thiophene rings is 1. The molecule has 2 aromatic carbocycles. The molecular weight excluding hydrogens is 356 g/mol. The van der Waals surface area contributed by atoms with Crippen molar-refractivity contribution < 1.29 is 0 Å². The van der Waals surface area contributed by atoms with Crippen LogP contribution in [-0.2, 0) is 13.6 Å². The van der Waals surface area contributed by atoms with Crippen LogP contribution in [0.4, 0.5) is 0 Å². The van der Waals surface area contributed by atoms with E-state index in [1.165, 1.54) is 21.5 Å². The largest absolute Gasteiger partial charge is 0.332 e. The van der Waals surface area contributed by atoms with E-state index >= 15 is 0 Å². The Balaban J connectivity index is 2.01. The van der Waals surface area contributed by atoms with Gasteiger partial charge in [-0.3, -0.25) is 13.9 Å². The van der Waals surface area contributed by atoms with Crippen molar-refractivity contribution in [1.82, 2.24) is 9.13 Å². The average Bonchev–Trinajstić information content (AvgIpc) is 3.02. The summed E-state index contributed by atoms with van der Waals surface area (Å²) in [4.78, 5) is 27.4. The van der Waals surface area contributed by atoms with Crippen LogP contribution < -0.4 is 11.2 Å². The Hall–Kier alpha value is -2.92. The van der Waals surface area contributed by atoms with Gasteiger partial charge in [0.05, 0.1) is 11.9 Å². The van der Waals surface area contributed by atoms with E-state index < -0.39 is 0 Å². The van der Waals surface area contributed by atoms with Gasteiger partial charge in [-0.05, 0) is 30.5 Å². The zero-order valence-corrected chi connectivity index (χ0v) is 16.3. The second kappa shape index (κ2) is 6.67. The van der Waals surface area contributed by atoms with E-state index in [0.29, 0.717) is 11.9 Å². The van der Waals surface area contributed by atoms with Crippen molar-refractivity contribution in [3.8, 4) is 10.4 Å². The summed E-state index contributed by atoms with van der Waals surface area (Å²) >= 11 is 1.52. The number of hydrogen-bond acceptors (Lipinski definition) is 3. The Labute approximate surface area is 161 Å². The van der Waals surface area contributed by atoms with Gasteiger partial charge in [-0.1, -0.05) is 60.2 Å². The number of aromatic nitrogens is 2.